The second-order valence-corrected chi connectivity index (χ2v) is 5.81. The monoisotopic (exact) mass is 319 g/mol. The van der Waals surface area contributed by atoms with Crippen LogP contribution in [0.15, 0.2) is 30.3 Å². The molecule has 2 aromatic rings. The van der Waals surface area contributed by atoms with Crippen LogP contribution in [-0.2, 0) is 0 Å². The number of rotatable bonds is 7. The summed E-state index contributed by atoms with van der Waals surface area (Å²) < 4.78 is 0. The Labute approximate surface area is 136 Å². The number of anilines is 3. The van der Waals surface area contributed by atoms with Crippen molar-refractivity contribution in [1.82, 2.24) is 14.9 Å². The molecule has 5 nitrogen and oxygen atoms in total. The number of benzene rings is 1. The van der Waals surface area contributed by atoms with Crippen LogP contribution >= 0.6 is 11.6 Å². The average Bonchev–Trinajstić information content (AvgIpc) is 2.45. The van der Waals surface area contributed by atoms with Crippen molar-refractivity contribution in [1.29, 1.82) is 0 Å². The quantitative estimate of drug-likeness (QED) is 0.764. The van der Waals surface area contributed by atoms with Gasteiger partial charge >= 0.3 is 0 Å². The number of hydrogen-bond donors (Lipinski definition) is 2. The molecule has 0 saturated carbocycles. The molecule has 1 aromatic carbocycles. The SMILES string of the molecule is Cc1cc(Nc2ccccc2Cl)nc(NCCCN(C)C)n1. The minimum atomic E-state index is 0.633. The van der Waals surface area contributed by atoms with Crippen molar-refractivity contribution in [2.24, 2.45) is 0 Å². The van der Waals surface area contributed by atoms with E-state index in [0.29, 0.717) is 11.0 Å². The predicted molar refractivity (Wildman–Crippen MR) is 93.2 cm³/mol. The Bertz CT molecular complexity index is 615. The Hall–Kier alpha value is -1.85. The van der Waals surface area contributed by atoms with E-state index in [9.17, 15) is 0 Å². The Morgan fingerprint density at radius 3 is 2.68 bits per heavy atom. The normalized spacial score (nSPS) is 10.8. The lowest BCUT2D eigenvalue weighted by molar-refractivity contribution is 0.405. The molecule has 0 bridgehead atoms. The molecule has 22 heavy (non-hydrogen) atoms. The summed E-state index contributed by atoms with van der Waals surface area (Å²) in [5.41, 5.74) is 1.74. The Morgan fingerprint density at radius 2 is 1.95 bits per heavy atom. The lowest BCUT2D eigenvalue weighted by Gasteiger charge is -2.12. The maximum absolute atomic E-state index is 6.16. The minimum absolute atomic E-state index is 0.633. The Balaban J connectivity index is 2.02. The third-order valence-corrected chi connectivity index (χ3v) is 3.39. The zero-order chi connectivity index (χ0) is 15.9. The fourth-order valence-corrected chi connectivity index (χ4v) is 2.19. The molecule has 0 saturated heterocycles. The molecule has 0 atom stereocenters. The van der Waals surface area contributed by atoms with E-state index >= 15 is 0 Å². The van der Waals surface area contributed by atoms with Crippen molar-refractivity contribution < 1.29 is 0 Å². The van der Waals surface area contributed by atoms with Crippen LogP contribution in [0.5, 0.6) is 0 Å². The molecule has 2 rings (SSSR count). The van der Waals surface area contributed by atoms with Gasteiger partial charge in [0.25, 0.3) is 0 Å². The summed E-state index contributed by atoms with van der Waals surface area (Å²) in [6.45, 7) is 3.82. The fourth-order valence-electron chi connectivity index (χ4n) is 2.01. The molecule has 6 heteroatoms. The number of nitrogens with one attached hydrogen (secondary N) is 2. The zero-order valence-electron chi connectivity index (χ0n) is 13.2. The summed E-state index contributed by atoms with van der Waals surface area (Å²) in [6.07, 6.45) is 1.04. The third kappa shape index (κ3) is 5.16. The summed E-state index contributed by atoms with van der Waals surface area (Å²) in [6, 6.07) is 9.50. The summed E-state index contributed by atoms with van der Waals surface area (Å²) in [5.74, 6) is 1.36. The molecule has 118 valence electrons. The number of aryl methyl sites for hydroxylation is 1. The predicted octanol–water partition coefficient (Wildman–Crippen LogP) is 3.55. The molecular weight excluding hydrogens is 298 g/mol. The van der Waals surface area contributed by atoms with Crippen molar-refractivity contribution in [2.45, 2.75) is 13.3 Å². The second-order valence-electron chi connectivity index (χ2n) is 5.41. The Kier molecular flexibility index (Phi) is 5.98. The van der Waals surface area contributed by atoms with Crippen molar-refractivity contribution in [2.75, 3.05) is 37.8 Å². The second kappa shape index (κ2) is 7.96. The van der Waals surface area contributed by atoms with Gasteiger partial charge in [-0.2, -0.15) is 4.98 Å². The highest BCUT2D eigenvalue weighted by atomic mass is 35.5. The van der Waals surface area contributed by atoms with E-state index in [0.717, 1.165) is 36.7 Å². The van der Waals surface area contributed by atoms with Gasteiger partial charge in [0.05, 0.1) is 10.7 Å². The summed E-state index contributed by atoms with van der Waals surface area (Å²) in [7, 11) is 4.13. The Morgan fingerprint density at radius 1 is 1.18 bits per heavy atom. The first-order chi connectivity index (χ1) is 10.5. The molecule has 0 aliphatic heterocycles. The molecule has 1 aromatic heterocycles. The van der Waals surface area contributed by atoms with E-state index in [4.69, 9.17) is 11.6 Å². The standard InChI is InChI=1S/C16H22ClN5/c1-12-11-15(20-14-8-5-4-7-13(14)17)21-16(19-12)18-9-6-10-22(2)3/h4-5,7-8,11H,6,9-10H2,1-3H3,(H2,18,19,20,21). The van der Waals surface area contributed by atoms with Crippen molar-refractivity contribution in [3.05, 3.63) is 41.0 Å². The summed E-state index contributed by atoms with van der Waals surface area (Å²) in [4.78, 5) is 11.0. The molecule has 1 heterocycles. The maximum atomic E-state index is 6.16. The highest BCUT2D eigenvalue weighted by Crippen LogP contribution is 2.24. The first kappa shape index (κ1) is 16.5. The van der Waals surface area contributed by atoms with Crippen LogP contribution in [0, 0.1) is 6.92 Å². The molecule has 2 N–H and O–H groups in total. The van der Waals surface area contributed by atoms with Gasteiger partial charge in [0.15, 0.2) is 0 Å². The summed E-state index contributed by atoms with van der Waals surface area (Å²) >= 11 is 6.16. The number of aromatic nitrogens is 2. The van der Waals surface area contributed by atoms with Crippen LogP contribution < -0.4 is 10.6 Å². The number of nitrogens with zero attached hydrogens (tertiary/aromatic N) is 3. The minimum Gasteiger partial charge on any atom is -0.354 e. The lowest BCUT2D eigenvalue weighted by atomic mass is 10.3. The van der Waals surface area contributed by atoms with E-state index in [1.54, 1.807) is 0 Å². The van der Waals surface area contributed by atoms with Gasteiger partial charge in [-0.25, -0.2) is 4.98 Å². The lowest BCUT2D eigenvalue weighted by Crippen LogP contribution is -2.17. The number of hydrogen-bond acceptors (Lipinski definition) is 5. The highest BCUT2D eigenvalue weighted by Gasteiger charge is 2.04. The van der Waals surface area contributed by atoms with Crippen LogP contribution in [0.2, 0.25) is 5.02 Å². The number of halogens is 1. The highest BCUT2D eigenvalue weighted by molar-refractivity contribution is 6.33. The summed E-state index contributed by atoms with van der Waals surface area (Å²) in [5, 5.41) is 7.16. The first-order valence-corrected chi connectivity index (χ1v) is 7.68. The molecule has 0 unspecified atom stereocenters. The van der Waals surface area contributed by atoms with Crippen molar-refractivity contribution in [3.63, 3.8) is 0 Å². The van der Waals surface area contributed by atoms with Gasteiger partial charge < -0.3 is 15.5 Å². The van der Waals surface area contributed by atoms with Gasteiger partial charge in [0, 0.05) is 18.3 Å². The van der Waals surface area contributed by atoms with Gasteiger partial charge in [-0.3, -0.25) is 0 Å². The molecular formula is C16H22ClN5. The van der Waals surface area contributed by atoms with E-state index in [-0.39, 0.29) is 0 Å². The zero-order valence-corrected chi connectivity index (χ0v) is 14.0. The third-order valence-electron chi connectivity index (χ3n) is 3.06. The first-order valence-electron chi connectivity index (χ1n) is 7.30. The van der Waals surface area contributed by atoms with Crippen molar-refractivity contribution >= 4 is 29.1 Å². The van der Waals surface area contributed by atoms with Gasteiger partial charge in [-0.15, -0.1) is 0 Å². The van der Waals surface area contributed by atoms with E-state index in [1.165, 1.54) is 0 Å². The average molecular weight is 320 g/mol. The largest absolute Gasteiger partial charge is 0.354 e. The molecule has 0 aliphatic carbocycles. The van der Waals surface area contributed by atoms with Crippen LogP contribution in [0.1, 0.15) is 12.1 Å². The van der Waals surface area contributed by atoms with Gasteiger partial charge in [-0.05, 0) is 46.1 Å². The molecule has 0 fully saturated rings. The van der Waals surface area contributed by atoms with Gasteiger partial charge in [-0.1, -0.05) is 23.7 Å². The maximum Gasteiger partial charge on any atom is 0.224 e. The molecule has 0 amide bonds. The molecule has 0 aliphatic rings. The van der Waals surface area contributed by atoms with E-state index in [2.05, 4.69) is 39.6 Å². The molecule has 0 spiro atoms. The molecule has 0 radical (unpaired) electrons. The van der Waals surface area contributed by atoms with Crippen LogP contribution in [-0.4, -0.2) is 42.1 Å². The van der Waals surface area contributed by atoms with Crippen LogP contribution in [0.3, 0.4) is 0 Å². The smallest absolute Gasteiger partial charge is 0.224 e. The van der Waals surface area contributed by atoms with Crippen LogP contribution in [0.25, 0.3) is 0 Å². The van der Waals surface area contributed by atoms with Crippen molar-refractivity contribution in [3.8, 4) is 0 Å². The van der Waals surface area contributed by atoms with Gasteiger partial charge in [0.2, 0.25) is 5.95 Å². The fraction of sp³-hybridized carbons (Fsp3) is 0.375. The van der Waals surface area contributed by atoms with Crippen LogP contribution in [0.4, 0.5) is 17.5 Å². The van der Waals surface area contributed by atoms with Gasteiger partial charge in [0.1, 0.15) is 5.82 Å². The number of para-hydroxylation sites is 1. The topological polar surface area (TPSA) is 53.1 Å². The van der Waals surface area contributed by atoms with E-state index < -0.39 is 0 Å². The van der Waals surface area contributed by atoms with E-state index in [1.807, 2.05) is 37.3 Å².